The fourth-order valence-corrected chi connectivity index (χ4v) is 3.93. The molecule has 0 N–H and O–H groups in total. The van der Waals surface area contributed by atoms with E-state index in [1.165, 1.54) is 0 Å². The van der Waals surface area contributed by atoms with Crippen LogP contribution in [0.1, 0.15) is 18.9 Å². The van der Waals surface area contributed by atoms with E-state index in [9.17, 15) is 17.6 Å². The van der Waals surface area contributed by atoms with E-state index in [0.717, 1.165) is 12.1 Å². The Morgan fingerprint density at radius 2 is 1.68 bits per heavy atom. The highest BCUT2D eigenvalue weighted by Gasteiger charge is 2.22. The molecule has 1 aromatic rings. The summed E-state index contributed by atoms with van der Waals surface area (Å²) < 4.78 is 57.8. The van der Waals surface area contributed by atoms with Crippen LogP contribution in [0.25, 0.3) is 0 Å². The summed E-state index contributed by atoms with van der Waals surface area (Å²) in [6.45, 7) is 6.57. The lowest BCUT2D eigenvalue weighted by Crippen LogP contribution is -2.30. The van der Waals surface area contributed by atoms with Crippen molar-refractivity contribution in [3.8, 4) is 0 Å². The zero-order chi connectivity index (χ0) is 14.6. The number of hydrogen-bond donors (Lipinski definition) is 0. The third-order valence-corrected chi connectivity index (χ3v) is 5.57. The Kier molecular flexibility index (Phi) is 5.55. The van der Waals surface area contributed by atoms with Crippen LogP contribution in [0, 0.1) is 23.3 Å². The highest BCUT2D eigenvalue weighted by Crippen LogP contribution is 2.22. The van der Waals surface area contributed by atoms with Crippen molar-refractivity contribution in [2.45, 2.75) is 38.9 Å². The van der Waals surface area contributed by atoms with Crippen molar-refractivity contribution in [2.75, 3.05) is 6.61 Å². The van der Waals surface area contributed by atoms with E-state index in [4.69, 9.17) is 4.43 Å². The molecule has 1 aromatic carbocycles. The van der Waals surface area contributed by atoms with E-state index in [2.05, 4.69) is 0 Å². The molecule has 1 nitrogen and oxygen atoms in total. The lowest BCUT2D eigenvalue weighted by Gasteiger charge is -2.21. The maximum atomic E-state index is 13.4. The fourth-order valence-electron chi connectivity index (χ4n) is 1.97. The van der Waals surface area contributed by atoms with Crippen LogP contribution >= 0.6 is 0 Å². The van der Waals surface area contributed by atoms with Gasteiger partial charge in [0, 0.05) is 6.61 Å². The Hall–Kier alpha value is -0.883. The van der Waals surface area contributed by atoms with Crippen LogP contribution in [0.3, 0.4) is 0 Å². The maximum absolute atomic E-state index is 13.4. The summed E-state index contributed by atoms with van der Waals surface area (Å²) in [6, 6.07) is 1.48. The second kappa shape index (κ2) is 6.52. The van der Waals surface area contributed by atoms with Gasteiger partial charge in [-0.25, -0.2) is 17.6 Å². The van der Waals surface area contributed by atoms with Gasteiger partial charge in [0.15, 0.2) is 31.6 Å². The Morgan fingerprint density at radius 3 is 2.26 bits per heavy atom. The first-order valence-electron chi connectivity index (χ1n) is 6.24. The van der Waals surface area contributed by atoms with Crippen molar-refractivity contribution in [3.05, 3.63) is 34.9 Å². The largest absolute Gasteiger partial charge is 0.418 e. The molecule has 0 bridgehead atoms. The van der Waals surface area contributed by atoms with Crippen molar-refractivity contribution in [1.82, 2.24) is 0 Å². The molecule has 0 fully saturated rings. The number of rotatable bonds is 6. The molecular formula is C13H18F4OSi. The lowest BCUT2D eigenvalue weighted by atomic mass is 10.1. The third kappa shape index (κ3) is 4.31. The minimum Gasteiger partial charge on any atom is -0.418 e. The highest BCUT2D eigenvalue weighted by molar-refractivity contribution is 6.71. The minimum absolute atomic E-state index is 0.127. The van der Waals surface area contributed by atoms with E-state index in [0.29, 0.717) is 13.0 Å². The number of aryl methyl sites for hydroxylation is 1. The van der Waals surface area contributed by atoms with Gasteiger partial charge in [0.05, 0.1) is 0 Å². The summed E-state index contributed by atoms with van der Waals surface area (Å²) in [5.74, 6) is -6.15. The molecule has 0 aliphatic carbocycles. The standard InChI is InChI=1S/C13H18F4OSi/c1-4-18-19(2,3)7-5-6-9-8-10(14)12(16)13(17)11(9)15/h8H,4-7H2,1-3H3. The predicted molar refractivity (Wildman–Crippen MR) is 68.5 cm³/mol. The van der Waals surface area contributed by atoms with Crippen molar-refractivity contribution < 1.29 is 22.0 Å². The van der Waals surface area contributed by atoms with Crippen LogP contribution in [-0.4, -0.2) is 14.9 Å². The summed E-state index contributed by atoms with van der Waals surface area (Å²) in [5.41, 5.74) is -0.127. The summed E-state index contributed by atoms with van der Waals surface area (Å²) in [5, 5.41) is 0. The molecule has 0 amide bonds. The molecule has 0 unspecified atom stereocenters. The van der Waals surface area contributed by atoms with Gasteiger partial charge in [0.2, 0.25) is 0 Å². The third-order valence-electron chi connectivity index (χ3n) is 2.94. The number of halogens is 4. The van der Waals surface area contributed by atoms with Gasteiger partial charge in [-0.15, -0.1) is 0 Å². The molecule has 0 atom stereocenters. The monoisotopic (exact) mass is 294 g/mol. The smallest absolute Gasteiger partial charge is 0.197 e. The van der Waals surface area contributed by atoms with Crippen LogP contribution in [-0.2, 0) is 10.8 Å². The van der Waals surface area contributed by atoms with Crippen LogP contribution in [0.5, 0.6) is 0 Å². The summed E-state index contributed by atoms with van der Waals surface area (Å²) in [4.78, 5) is 0. The van der Waals surface area contributed by atoms with E-state index < -0.39 is 31.6 Å². The molecule has 0 aliphatic rings. The molecule has 0 aromatic heterocycles. The van der Waals surface area contributed by atoms with Crippen molar-refractivity contribution in [1.29, 1.82) is 0 Å². The second-order valence-electron chi connectivity index (χ2n) is 5.01. The first-order chi connectivity index (χ1) is 8.78. The van der Waals surface area contributed by atoms with E-state index >= 15 is 0 Å². The highest BCUT2D eigenvalue weighted by atomic mass is 28.4. The Labute approximate surface area is 111 Å². The van der Waals surface area contributed by atoms with Gasteiger partial charge >= 0.3 is 0 Å². The molecule has 6 heteroatoms. The Balaban J connectivity index is 2.69. The molecule has 0 spiro atoms. The van der Waals surface area contributed by atoms with E-state index in [1.54, 1.807) is 0 Å². The zero-order valence-corrected chi connectivity index (χ0v) is 12.3. The van der Waals surface area contributed by atoms with Gasteiger partial charge < -0.3 is 4.43 Å². The zero-order valence-electron chi connectivity index (χ0n) is 11.3. The molecule has 1 rings (SSSR count). The van der Waals surface area contributed by atoms with Crippen molar-refractivity contribution in [3.63, 3.8) is 0 Å². The van der Waals surface area contributed by atoms with Crippen LogP contribution in [0.2, 0.25) is 19.1 Å². The molecule has 0 saturated heterocycles. The SMILES string of the molecule is CCO[Si](C)(C)CCCc1cc(F)c(F)c(F)c1F. The average molecular weight is 294 g/mol. The Bertz CT molecular complexity index is 449. The van der Waals surface area contributed by atoms with Gasteiger partial charge in [0.1, 0.15) is 0 Å². The second-order valence-corrected chi connectivity index (χ2v) is 9.31. The van der Waals surface area contributed by atoms with Crippen LogP contribution < -0.4 is 0 Å². The summed E-state index contributed by atoms with van der Waals surface area (Å²) in [6.07, 6.45) is 0.726. The fraction of sp³-hybridized carbons (Fsp3) is 0.538. The van der Waals surface area contributed by atoms with Crippen LogP contribution in [0.4, 0.5) is 17.6 Å². The predicted octanol–water partition coefficient (Wildman–Crippen LogP) is 4.42. The van der Waals surface area contributed by atoms with Gasteiger partial charge in [-0.05, 0) is 50.5 Å². The quantitative estimate of drug-likeness (QED) is 0.327. The number of benzene rings is 1. The molecular weight excluding hydrogens is 276 g/mol. The van der Waals surface area contributed by atoms with Gasteiger partial charge in [0.25, 0.3) is 0 Å². The topological polar surface area (TPSA) is 9.23 Å². The van der Waals surface area contributed by atoms with Gasteiger partial charge in [-0.2, -0.15) is 0 Å². The maximum Gasteiger partial charge on any atom is 0.197 e. The van der Waals surface area contributed by atoms with E-state index in [1.807, 2.05) is 20.0 Å². The molecule has 0 saturated carbocycles. The first kappa shape index (κ1) is 16.2. The Morgan fingerprint density at radius 1 is 1.05 bits per heavy atom. The lowest BCUT2D eigenvalue weighted by molar-refractivity contribution is 0.328. The molecule has 0 radical (unpaired) electrons. The molecule has 0 aliphatic heterocycles. The molecule has 19 heavy (non-hydrogen) atoms. The minimum atomic E-state index is -1.80. The normalized spacial score (nSPS) is 11.9. The molecule has 108 valence electrons. The van der Waals surface area contributed by atoms with E-state index in [-0.39, 0.29) is 12.0 Å². The van der Waals surface area contributed by atoms with Gasteiger partial charge in [-0.3, -0.25) is 0 Å². The van der Waals surface area contributed by atoms with Crippen molar-refractivity contribution >= 4 is 8.32 Å². The summed E-state index contributed by atoms with van der Waals surface area (Å²) in [7, 11) is -1.80. The average Bonchev–Trinajstić information content (AvgIpc) is 2.32. The number of hydrogen-bond acceptors (Lipinski definition) is 1. The van der Waals surface area contributed by atoms with Gasteiger partial charge in [-0.1, -0.05) is 0 Å². The molecule has 0 heterocycles. The van der Waals surface area contributed by atoms with Crippen molar-refractivity contribution in [2.24, 2.45) is 0 Å². The first-order valence-corrected chi connectivity index (χ1v) is 9.36. The van der Waals surface area contributed by atoms with Crippen LogP contribution in [0.15, 0.2) is 6.07 Å². The summed E-state index contributed by atoms with van der Waals surface area (Å²) >= 11 is 0.